The summed E-state index contributed by atoms with van der Waals surface area (Å²) >= 11 is 0. The van der Waals surface area contributed by atoms with E-state index in [1.54, 1.807) is 36.4 Å². The first-order valence-electron chi connectivity index (χ1n) is 13.4. The van der Waals surface area contributed by atoms with Crippen LogP contribution in [0.4, 0.5) is 0 Å². The number of benzene rings is 2. The number of carbonyl (C=O) groups excluding carboxylic acids is 2. The van der Waals surface area contributed by atoms with E-state index in [2.05, 4.69) is 0 Å². The number of ketones is 1. The van der Waals surface area contributed by atoms with Crippen LogP contribution >= 0.6 is 0 Å². The lowest BCUT2D eigenvalue weighted by atomic mass is 9.94. The molecule has 3 aliphatic rings. The van der Waals surface area contributed by atoms with E-state index in [-0.39, 0.29) is 11.1 Å². The van der Waals surface area contributed by atoms with Crippen molar-refractivity contribution in [2.75, 3.05) is 66.3 Å². The smallest absolute Gasteiger partial charge is 0.295 e. The Balaban J connectivity index is 1.52. The van der Waals surface area contributed by atoms with Gasteiger partial charge in [-0.15, -0.1) is 0 Å². The number of Topliss-reactive ketones (excluding diaryl/α,β-unsaturated/α-hetero) is 1. The number of methoxy groups -OCH3 is 1. The van der Waals surface area contributed by atoms with Crippen molar-refractivity contribution in [3.8, 4) is 23.0 Å². The molecule has 5 rings (SSSR count). The Hall–Kier alpha value is -3.76. The summed E-state index contributed by atoms with van der Waals surface area (Å²) in [5, 5.41) is 13.9. The average molecular weight is 539 g/mol. The van der Waals surface area contributed by atoms with Crippen molar-refractivity contribution >= 4 is 17.4 Å². The number of quaternary nitrogens is 1. The topological polar surface area (TPSA) is 111 Å². The standard InChI is InChI=1S/C29H34N2O8/c1-3-37-21-7-5-19(17-23(21)35-2)26-25(27(32)20-6-8-22-24(18-20)39-16-15-38-22)28(33)29(34)31(26)10-4-9-30-11-13-36-14-12-30/h5-8,17-18,26,32H,3-4,9-16H2,1-2H3. The first kappa shape index (κ1) is 26.8. The molecule has 2 fully saturated rings. The van der Waals surface area contributed by atoms with Gasteiger partial charge in [-0.2, -0.15) is 0 Å². The Morgan fingerprint density at radius 1 is 1.03 bits per heavy atom. The molecule has 0 spiro atoms. The Bertz CT molecular complexity index is 1250. The number of amides is 1. The molecule has 0 bridgehead atoms. The minimum absolute atomic E-state index is 0.0818. The quantitative estimate of drug-likeness (QED) is 0.278. The molecule has 2 saturated heterocycles. The molecule has 1 atom stereocenters. The lowest BCUT2D eigenvalue weighted by Crippen LogP contribution is -3.14. The highest BCUT2D eigenvalue weighted by molar-refractivity contribution is 6.46. The SMILES string of the molecule is CCOc1ccc(C2C(=C([O-])c3ccc4c(c3)OCCO4)C(=O)C(=O)N2CCC[NH+]2CCOCC2)cc1OC. The van der Waals surface area contributed by atoms with Gasteiger partial charge in [0.1, 0.15) is 26.3 Å². The molecule has 3 aliphatic heterocycles. The summed E-state index contributed by atoms with van der Waals surface area (Å²) in [7, 11) is 1.53. The van der Waals surface area contributed by atoms with Crippen LogP contribution < -0.4 is 29.0 Å². The second-order valence-corrected chi connectivity index (χ2v) is 9.64. The number of ether oxygens (including phenoxy) is 5. The fraction of sp³-hybridized carbons (Fsp3) is 0.448. The lowest BCUT2D eigenvalue weighted by Gasteiger charge is -2.29. The van der Waals surface area contributed by atoms with E-state index < -0.39 is 23.5 Å². The van der Waals surface area contributed by atoms with Gasteiger partial charge < -0.3 is 38.6 Å². The molecular weight excluding hydrogens is 504 g/mol. The summed E-state index contributed by atoms with van der Waals surface area (Å²) in [6.07, 6.45) is 0.685. The molecule has 1 amide bonds. The van der Waals surface area contributed by atoms with Crippen LogP contribution in [0.15, 0.2) is 42.0 Å². The fourth-order valence-electron chi connectivity index (χ4n) is 5.33. The van der Waals surface area contributed by atoms with Crippen LogP contribution in [-0.4, -0.2) is 82.9 Å². The van der Waals surface area contributed by atoms with Crippen LogP contribution in [0.1, 0.15) is 30.5 Å². The maximum absolute atomic E-state index is 13.9. The Kier molecular flexibility index (Phi) is 8.23. The van der Waals surface area contributed by atoms with Crippen molar-refractivity contribution in [2.45, 2.75) is 19.4 Å². The van der Waals surface area contributed by atoms with E-state index in [0.717, 1.165) is 19.6 Å². The van der Waals surface area contributed by atoms with Crippen LogP contribution in [-0.2, 0) is 14.3 Å². The third kappa shape index (κ3) is 5.53. The predicted molar refractivity (Wildman–Crippen MR) is 139 cm³/mol. The number of hydrogen-bond donors (Lipinski definition) is 1. The molecule has 10 nitrogen and oxygen atoms in total. The Morgan fingerprint density at radius 3 is 2.54 bits per heavy atom. The van der Waals surface area contributed by atoms with Gasteiger partial charge in [0.25, 0.3) is 5.91 Å². The maximum atomic E-state index is 13.9. The summed E-state index contributed by atoms with van der Waals surface area (Å²) < 4.78 is 27.9. The largest absolute Gasteiger partial charge is 0.872 e. The van der Waals surface area contributed by atoms with Gasteiger partial charge in [-0.3, -0.25) is 9.59 Å². The minimum atomic E-state index is -0.852. The monoisotopic (exact) mass is 538 g/mol. The second-order valence-electron chi connectivity index (χ2n) is 9.64. The third-order valence-corrected chi connectivity index (χ3v) is 7.27. The van der Waals surface area contributed by atoms with Crippen LogP contribution in [0, 0.1) is 0 Å². The van der Waals surface area contributed by atoms with Crippen molar-refractivity contribution in [3.05, 3.63) is 53.1 Å². The fourth-order valence-corrected chi connectivity index (χ4v) is 5.33. The molecule has 0 aromatic heterocycles. The van der Waals surface area contributed by atoms with Crippen LogP contribution in [0.5, 0.6) is 23.0 Å². The van der Waals surface area contributed by atoms with Crippen molar-refractivity contribution in [1.82, 2.24) is 4.90 Å². The Morgan fingerprint density at radius 2 is 1.79 bits per heavy atom. The number of nitrogens with one attached hydrogen (secondary N) is 1. The maximum Gasteiger partial charge on any atom is 0.295 e. The van der Waals surface area contributed by atoms with Crippen LogP contribution in [0.25, 0.3) is 5.76 Å². The molecule has 1 unspecified atom stereocenters. The summed E-state index contributed by atoms with van der Waals surface area (Å²) in [5.74, 6) is 0.0130. The normalized spacial score (nSPS) is 20.8. The highest BCUT2D eigenvalue weighted by atomic mass is 16.6. The zero-order valence-corrected chi connectivity index (χ0v) is 22.3. The molecule has 39 heavy (non-hydrogen) atoms. The van der Waals surface area contributed by atoms with Crippen molar-refractivity contribution < 1.29 is 43.3 Å². The number of nitrogens with zero attached hydrogens (tertiary/aromatic N) is 1. The zero-order valence-electron chi connectivity index (χ0n) is 22.3. The number of likely N-dealkylation sites (tertiary alicyclic amines) is 1. The molecule has 0 saturated carbocycles. The van der Waals surface area contributed by atoms with E-state index in [4.69, 9.17) is 23.7 Å². The first-order valence-corrected chi connectivity index (χ1v) is 13.4. The molecular formula is C29H34N2O8. The minimum Gasteiger partial charge on any atom is -0.872 e. The molecule has 2 aromatic carbocycles. The van der Waals surface area contributed by atoms with Gasteiger partial charge in [-0.05, 0) is 42.3 Å². The molecule has 2 aromatic rings. The Labute approximate surface area is 227 Å². The number of morpholine rings is 1. The number of hydrogen-bond acceptors (Lipinski definition) is 8. The molecule has 0 radical (unpaired) electrons. The second kappa shape index (κ2) is 12.0. The van der Waals surface area contributed by atoms with Gasteiger partial charge in [0.15, 0.2) is 23.0 Å². The van der Waals surface area contributed by atoms with Crippen molar-refractivity contribution in [1.29, 1.82) is 0 Å². The van der Waals surface area contributed by atoms with E-state index in [9.17, 15) is 14.7 Å². The molecule has 0 aliphatic carbocycles. The van der Waals surface area contributed by atoms with Gasteiger partial charge in [-0.1, -0.05) is 17.9 Å². The van der Waals surface area contributed by atoms with E-state index >= 15 is 0 Å². The van der Waals surface area contributed by atoms with Gasteiger partial charge >= 0.3 is 0 Å². The predicted octanol–water partition coefficient (Wildman–Crippen LogP) is 0.394. The average Bonchev–Trinajstić information content (AvgIpc) is 3.22. The van der Waals surface area contributed by atoms with Crippen LogP contribution in [0.3, 0.4) is 0 Å². The summed E-state index contributed by atoms with van der Waals surface area (Å²) in [6.45, 7) is 7.54. The molecule has 1 N–H and O–H groups in total. The summed E-state index contributed by atoms with van der Waals surface area (Å²) in [4.78, 5) is 29.7. The highest BCUT2D eigenvalue weighted by Gasteiger charge is 2.44. The zero-order chi connectivity index (χ0) is 27.4. The first-order chi connectivity index (χ1) is 19.0. The number of rotatable bonds is 9. The van der Waals surface area contributed by atoms with Crippen molar-refractivity contribution in [2.24, 2.45) is 0 Å². The van der Waals surface area contributed by atoms with Gasteiger partial charge in [0, 0.05) is 18.5 Å². The molecule has 10 heteroatoms. The van der Waals surface area contributed by atoms with Crippen molar-refractivity contribution in [3.63, 3.8) is 0 Å². The van der Waals surface area contributed by atoms with E-state index in [1.165, 1.54) is 16.9 Å². The van der Waals surface area contributed by atoms with Crippen LogP contribution in [0.2, 0.25) is 0 Å². The molecule has 3 heterocycles. The number of carbonyl (C=O) groups is 2. The van der Waals surface area contributed by atoms with Gasteiger partial charge in [0.05, 0.1) is 39.5 Å². The van der Waals surface area contributed by atoms with Gasteiger partial charge in [0.2, 0.25) is 5.78 Å². The van der Waals surface area contributed by atoms with Gasteiger partial charge in [-0.25, -0.2) is 0 Å². The lowest BCUT2D eigenvalue weighted by molar-refractivity contribution is -0.908. The summed E-state index contributed by atoms with van der Waals surface area (Å²) in [5.41, 5.74) is 0.786. The number of fused-ring (bicyclic) bond motifs is 1. The summed E-state index contributed by atoms with van der Waals surface area (Å²) in [6, 6.07) is 9.23. The molecule has 208 valence electrons. The van der Waals surface area contributed by atoms with E-state index in [0.29, 0.717) is 74.6 Å². The van der Waals surface area contributed by atoms with E-state index in [1.807, 2.05) is 6.92 Å². The third-order valence-electron chi connectivity index (χ3n) is 7.27. The highest BCUT2D eigenvalue weighted by Crippen LogP contribution is 2.42.